The van der Waals surface area contributed by atoms with E-state index in [1.807, 2.05) is 35.2 Å². The molecular formula is C29H32N6O3. The number of carbonyl (C=O) groups excluding carboxylic acids is 1. The molecule has 1 aromatic carbocycles. The molecule has 2 aliphatic heterocycles. The Balaban J connectivity index is 1.16. The number of rotatable bonds is 6. The van der Waals surface area contributed by atoms with Crippen LogP contribution in [-0.4, -0.2) is 88.2 Å². The summed E-state index contributed by atoms with van der Waals surface area (Å²) < 4.78 is 11.6. The third-order valence-corrected chi connectivity index (χ3v) is 7.24. The molecule has 1 amide bonds. The van der Waals surface area contributed by atoms with Crippen LogP contribution >= 0.6 is 0 Å². The van der Waals surface area contributed by atoms with Crippen LogP contribution in [0, 0.1) is 0 Å². The predicted molar refractivity (Wildman–Crippen MR) is 144 cm³/mol. The summed E-state index contributed by atoms with van der Waals surface area (Å²) in [6.45, 7) is 4.78. The van der Waals surface area contributed by atoms with Crippen molar-refractivity contribution in [2.75, 3.05) is 46.4 Å². The normalized spacial score (nSPS) is 17.1. The van der Waals surface area contributed by atoms with E-state index >= 15 is 0 Å². The van der Waals surface area contributed by atoms with Gasteiger partial charge >= 0.3 is 0 Å². The summed E-state index contributed by atoms with van der Waals surface area (Å²) >= 11 is 0. The number of benzene rings is 1. The number of fused-ring (bicyclic) bond motifs is 1. The summed E-state index contributed by atoms with van der Waals surface area (Å²) in [5.74, 6) is 1.56. The second-order valence-electron chi connectivity index (χ2n) is 10.0. The summed E-state index contributed by atoms with van der Waals surface area (Å²) in [6.07, 6.45) is 6.06. The molecule has 2 saturated heterocycles. The molecule has 9 heteroatoms. The number of likely N-dealkylation sites (N-methyl/N-ethyl adjacent to an activating group) is 1. The van der Waals surface area contributed by atoms with Crippen LogP contribution in [0.4, 0.5) is 0 Å². The maximum atomic E-state index is 13.0. The van der Waals surface area contributed by atoms with E-state index in [1.54, 1.807) is 12.4 Å². The molecule has 9 nitrogen and oxygen atoms in total. The number of ether oxygens (including phenoxy) is 2. The number of carbonyl (C=O) groups is 1. The summed E-state index contributed by atoms with van der Waals surface area (Å²) in [4.78, 5) is 34.3. The lowest BCUT2D eigenvalue weighted by atomic mass is 10.1. The molecule has 1 N–H and O–H groups in total. The number of hydrogen-bond acceptors (Lipinski definition) is 7. The van der Waals surface area contributed by atoms with E-state index in [0.717, 1.165) is 85.8 Å². The van der Waals surface area contributed by atoms with Crippen LogP contribution in [0.1, 0.15) is 34.7 Å². The van der Waals surface area contributed by atoms with Crippen LogP contribution in [0.15, 0.2) is 54.9 Å². The monoisotopic (exact) mass is 512 g/mol. The number of amides is 1. The van der Waals surface area contributed by atoms with Crippen molar-refractivity contribution in [1.82, 2.24) is 29.7 Å². The van der Waals surface area contributed by atoms with Crippen LogP contribution < -0.4 is 4.74 Å². The van der Waals surface area contributed by atoms with E-state index in [2.05, 4.69) is 39.0 Å². The van der Waals surface area contributed by atoms with Crippen molar-refractivity contribution in [2.24, 2.45) is 0 Å². The molecule has 2 aliphatic rings. The van der Waals surface area contributed by atoms with Gasteiger partial charge in [0.2, 0.25) is 0 Å². The Morgan fingerprint density at radius 1 is 1.00 bits per heavy atom. The minimum atomic E-state index is 0.0578. The first kappa shape index (κ1) is 24.5. The minimum Gasteiger partial charge on any atom is -0.490 e. The van der Waals surface area contributed by atoms with Crippen LogP contribution in [0.2, 0.25) is 0 Å². The SMILES string of the molecule is CN1CCN(C(=O)c2cc3cc(Cc4nccc(-c5cc(OC6CCOCC6)ccn5)n4)ccc3[nH]2)CC1. The van der Waals surface area contributed by atoms with Gasteiger partial charge in [0.1, 0.15) is 23.4 Å². The van der Waals surface area contributed by atoms with E-state index in [0.29, 0.717) is 17.9 Å². The van der Waals surface area contributed by atoms with Gasteiger partial charge in [0.05, 0.1) is 24.6 Å². The first-order valence-electron chi connectivity index (χ1n) is 13.2. The number of aromatic amines is 1. The highest BCUT2D eigenvalue weighted by Crippen LogP contribution is 2.24. The molecule has 0 spiro atoms. The quantitative estimate of drug-likeness (QED) is 0.422. The third-order valence-electron chi connectivity index (χ3n) is 7.24. The molecule has 0 radical (unpaired) electrons. The Kier molecular flexibility index (Phi) is 7.02. The molecule has 3 aromatic heterocycles. The van der Waals surface area contributed by atoms with Crippen molar-refractivity contribution in [3.8, 4) is 17.1 Å². The third kappa shape index (κ3) is 5.54. The molecule has 0 atom stereocenters. The van der Waals surface area contributed by atoms with Gasteiger partial charge < -0.3 is 24.3 Å². The molecular weight excluding hydrogens is 480 g/mol. The number of piperazine rings is 1. The maximum Gasteiger partial charge on any atom is 0.270 e. The Hall–Kier alpha value is -3.82. The molecule has 0 unspecified atom stereocenters. The Morgan fingerprint density at radius 3 is 2.66 bits per heavy atom. The minimum absolute atomic E-state index is 0.0578. The lowest BCUT2D eigenvalue weighted by Crippen LogP contribution is -2.47. The summed E-state index contributed by atoms with van der Waals surface area (Å²) in [5.41, 5.74) is 4.18. The van der Waals surface area contributed by atoms with Gasteiger partial charge in [-0.2, -0.15) is 0 Å². The topological polar surface area (TPSA) is 96.5 Å². The fourth-order valence-electron chi connectivity index (χ4n) is 5.01. The summed E-state index contributed by atoms with van der Waals surface area (Å²) in [6, 6.07) is 13.8. The average Bonchev–Trinajstić information content (AvgIpc) is 3.38. The van der Waals surface area contributed by atoms with E-state index < -0.39 is 0 Å². The van der Waals surface area contributed by atoms with Gasteiger partial charge in [-0.1, -0.05) is 6.07 Å². The highest BCUT2D eigenvalue weighted by molar-refractivity contribution is 5.98. The average molecular weight is 513 g/mol. The van der Waals surface area contributed by atoms with Crippen molar-refractivity contribution in [2.45, 2.75) is 25.4 Å². The number of nitrogens with zero attached hydrogens (tertiary/aromatic N) is 5. The van der Waals surface area contributed by atoms with Gasteiger partial charge in [-0.05, 0) is 42.9 Å². The number of aromatic nitrogens is 4. The zero-order valence-corrected chi connectivity index (χ0v) is 21.6. The Bertz CT molecular complexity index is 1420. The molecule has 0 bridgehead atoms. The van der Waals surface area contributed by atoms with E-state index in [4.69, 9.17) is 14.5 Å². The fraction of sp³-hybridized carbons (Fsp3) is 0.379. The van der Waals surface area contributed by atoms with Gasteiger partial charge in [0, 0.05) is 74.8 Å². The fourth-order valence-corrected chi connectivity index (χ4v) is 5.01. The van der Waals surface area contributed by atoms with Crippen LogP contribution in [-0.2, 0) is 11.2 Å². The molecule has 5 heterocycles. The van der Waals surface area contributed by atoms with E-state index in [9.17, 15) is 4.79 Å². The smallest absolute Gasteiger partial charge is 0.270 e. The zero-order chi connectivity index (χ0) is 25.9. The molecule has 0 saturated carbocycles. The molecule has 38 heavy (non-hydrogen) atoms. The van der Waals surface area contributed by atoms with Crippen LogP contribution in [0.3, 0.4) is 0 Å². The first-order valence-corrected chi connectivity index (χ1v) is 13.2. The van der Waals surface area contributed by atoms with Crippen molar-refractivity contribution >= 4 is 16.8 Å². The van der Waals surface area contributed by atoms with E-state index in [1.165, 1.54) is 0 Å². The summed E-state index contributed by atoms with van der Waals surface area (Å²) in [5, 5.41) is 1.01. The maximum absolute atomic E-state index is 13.0. The molecule has 196 valence electrons. The van der Waals surface area contributed by atoms with Crippen molar-refractivity contribution < 1.29 is 14.3 Å². The largest absolute Gasteiger partial charge is 0.490 e. The highest BCUT2D eigenvalue weighted by atomic mass is 16.5. The number of hydrogen-bond donors (Lipinski definition) is 1. The van der Waals surface area contributed by atoms with Gasteiger partial charge in [0.15, 0.2) is 0 Å². The predicted octanol–water partition coefficient (Wildman–Crippen LogP) is 3.56. The summed E-state index contributed by atoms with van der Waals surface area (Å²) in [7, 11) is 2.09. The molecule has 0 aliphatic carbocycles. The second kappa shape index (κ2) is 10.9. The Labute approximate surface area is 221 Å². The van der Waals surface area contributed by atoms with Gasteiger partial charge in [0.25, 0.3) is 5.91 Å². The van der Waals surface area contributed by atoms with Crippen molar-refractivity contribution in [3.05, 3.63) is 71.9 Å². The zero-order valence-electron chi connectivity index (χ0n) is 21.6. The molecule has 4 aromatic rings. The van der Waals surface area contributed by atoms with Crippen LogP contribution in [0.5, 0.6) is 5.75 Å². The van der Waals surface area contributed by atoms with E-state index in [-0.39, 0.29) is 12.0 Å². The number of nitrogens with one attached hydrogen (secondary N) is 1. The van der Waals surface area contributed by atoms with Gasteiger partial charge in [-0.25, -0.2) is 9.97 Å². The highest BCUT2D eigenvalue weighted by Gasteiger charge is 2.22. The van der Waals surface area contributed by atoms with Crippen molar-refractivity contribution in [1.29, 1.82) is 0 Å². The number of pyridine rings is 1. The molecule has 2 fully saturated rings. The number of H-pyrrole nitrogens is 1. The lowest BCUT2D eigenvalue weighted by Gasteiger charge is -2.32. The molecule has 6 rings (SSSR count). The first-order chi connectivity index (χ1) is 18.6. The lowest BCUT2D eigenvalue weighted by molar-refractivity contribution is 0.0255. The Morgan fingerprint density at radius 2 is 1.82 bits per heavy atom. The second-order valence-corrected chi connectivity index (χ2v) is 10.0. The van der Waals surface area contributed by atoms with Crippen molar-refractivity contribution in [3.63, 3.8) is 0 Å². The van der Waals surface area contributed by atoms with Gasteiger partial charge in [-0.15, -0.1) is 0 Å². The van der Waals surface area contributed by atoms with Gasteiger partial charge in [-0.3, -0.25) is 9.78 Å². The van der Waals surface area contributed by atoms with Crippen LogP contribution in [0.25, 0.3) is 22.3 Å². The standard InChI is InChI=1S/C29H32N6O3/c1-34-10-12-35(13-11-34)29(36)27-18-21-16-20(2-3-24(21)32-27)17-28-31-9-5-25(33-28)26-19-23(4-8-30-26)38-22-6-14-37-15-7-22/h2-5,8-9,16,18-19,22,32H,6-7,10-15,17H2,1H3.